The molecule has 0 aromatic heterocycles. The molecule has 2 amide bonds. The van der Waals surface area contributed by atoms with Crippen molar-refractivity contribution >= 4 is 23.2 Å². The van der Waals surface area contributed by atoms with Crippen LogP contribution in [0.15, 0.2) is 36.4 Å². The minimum atomic E-state index is -0.386. The third-order valence-corrected chi connectivity index (χ3v) is 4.75. The van der Waals surface area contributed by atoms with Crippen LogP contribution in [-0.2, 0) is 20.7 Å². The number of benzene rings is 2. The van der Waals surface area contributed by atoms with E-state index >= 15 is 0 Å². The fourth-order valence-electron chi connectivity index (χ4n) is 3.27. The van der Waals surface area contributed by atoms with Gasteiger partial charge in [0.05, 0.1) is 27.8 Å². The van der Waals surface area contributed by atoms with E-state index in [4.69, 9.17) is 18.9 Å². The van der Waals surface area contributed by atoms with Crippen LogP contribution in [0.1, 0.15) is 18.4 Å². The molecule has 8 nitrogen and oxygen atoms in total. The van der Waals surface area contributed by atoms with Crippen molar-refractivity contribution in [2.45, 2.75) is 25.4 Å². The maximum Gasteiger partial charge on any atom is 0.253 e. The highest BCUT2D eigenvalue weighted by Gasteiger charge is 2.23. The summed E-state index contributed by atoms with van der Waals surface area (Å²) in [6.07, 6.45) is 1.38. The summed E-state index contributed by atoms with van der Waals surface area (Å²) in [5, 5.41) is 5.66. The maximum absolute atomic E-state index is 12.5. The number of rotatable bonds is 8. The molecule has 1 aliphatic heterocycles. The van der Waals surface area contributed by atoms with Gasteiger partial charge in [0.25, 0.3) is 5.91 Å². The first-order chi connectivity index (χ1) is 14.5. The smallest absolute Gasteiger partial charge is 0.253 e. The van der Waals surface area contributed by atoms with Crippen LogP contribution in [0.25, 0.3) is 0 Å². The lowest BCUT2D eigenvalue weighted by Crippen LogP contribution is -2.26. The Balaban J connectivity index is 1.60. The quantitative estimate of drug-likeness (QED) is 0.690. The lowest BCUT2D eigenvalue weighted by atomic mass is 10.1. The average Bonchev–Trinajstić information content (AvgIpc) is 3.29. The zero-order chi connectivity index (χ0) is 21.5. The van der Waals surface area contributed by atoms with E-state index in [1.807, 2.05) is 0 Å². The molecule has 0 bridgehead atoms. The van der Waals surface area contributed by atoms with Crippen LogP contribution in [0.2, 0.25) is 0 Å². The molecule has 1 aliphatic rings. The standard InChI is InChI=1S/C22H26N2O6/c1-27-18-11-14(12-19(28-2)21(18)29-3)13-20(25)23-15-6-8-16(9-7-15)24-22(26)17-5-4-10-30-17/h6-9,11-12,17H,4-5,10,13H2,1-3H3,(H,23,25)(H,24,26)/t17-/m1/s1. The number of hydrogen-bond donors (Lipinski definition) is 2. The Bertz CT molecular complexity index is 866. The van der Waals surface area contributed by atoms with Gasteiger partial charge in [0.2, 0.25) is 11.7 Å². The van der Waals surface area contributed by atoms with E-state index in [-0.39, 0.29) is 24.3 Å². The second-order valence-corrected chi connectivity index (χ2v) is 6.83. The maximum atomic E-state index is 12.5. The minimum Gasteiger partial charge on any atom is -0.493 e. The highest BCUT2D eigenvalue weighted by atomic mass is 16.5. The Hall–Kier alpha value is -3.26. The molecule has 0 aliphatic carbocycles. The molecule has 160 valence electrons. The SMILES string of the molecule is COc1cc(CC(=O)Nc2ccc(NC(=O)[C@H]3CCCO3)cc2)cc(OC)c1OC. The van der Waals surface area contributed by atoms with Gasteiger partial charge in [-0.15, -0.1) is 0 Å². The number of ether oxygens (including phenoxy) is 4. The average molecular weight is 414 g/mol. The van der Waals surface area contributed by atoms with Crippen molar-refractivity contribution in [3.8, 4) is 17.2 Å². The van der Waals surface area contributed by atoms with E-state index in [9.17, 15) is 9.59 Å². The summed E-state index contributed by atoms with van der Waals surface area (Å²) in [6, 6.07) is 10.4. The van der Waals surface area contributed by atoms with Gasteiger partial charge < -0.3 is 29.6 Å². The molecule has 0 unspecified atom stereocenters. The Kier molecular flexibility index (Phi) is 7.13. The first-order valence-corrected chi connectivity index (χ1v) is 9.65. The molecule has 1 heterocycles. The molecule has 0 saturated carbocycles. The highest BCUT2D eigenvalue weighted by molar-refractivity contribution is 5.95. The third-order valence-electron chi connectivity index (χ3n) is 4.75. The van der Waals surface area contributed by atoms with Gasteiger partial charge >= 0.3 is 0 Å². The number of carbonyl (C=O) groups excluding carboxylic acids is 2. The predicted octanol–water partition coefficient (Wildman–Crippen LogP) is 3.01. The molecule has 1 saturated heterocycles. The topological polar surface area (TPSA) is 95.1 Å². The molecule has 1 fully saturated rings. The van der Waals surface area contributed by atoms with Crippen molar-refractivity contribution in [3.63, 3.8) is 0 Å². The summed E-state index contributed by atoms with van der Waals surface area (Å²) >= 11 is 0. The minimum absolute atomic E-state index is 0.133. The van der Waals surface area contributed by atoms with Crippen molar-refractivity contribution in [2.24, 2.45) is 0 Å². The van der Waals surface area contributed by atoms with Gasteiger partial charge in [-0.25, -0.2) is 0 Å². The van der Waals surface area contributed by atoms with Gasteiger partial charge in [0.15, 0.2) is 11.5 Å². The zero-order valence-corrected chi connectivity index (χ0v) is 17.3. The van der Waals surface area contributed by atoms with Gasteiger partial charge in [0.1, 0.15) is 6.10 Å². The number of carbonyl (C=O) groups is 2. The largest absolute Gasteiger partial charge is 0.493 e. The van der Waals surface area contributed by atoms with Crippen LogP contribution in [0, 0.1) is 0 Å². The molecular weight excluding hydrogens is 388 g/mol. The van der Waals surface area contributed by atoms with Crippen molar-refractivity contribution < 1.29 is 28.5 Å². The van der Waals surface area contributed by atoms with Crippen molar-refractivity contribution in [1.29, 1.82) is 0 Å². The second-order valence-electron chi connectivity index (χ2n) is 6.83. The van der Waals surface area contributed by atoms with Gasteiger partial charge in [-0.1, -0.05) is 0 Å². The van der Waals surface area contributed by atoms with Crippen LogP contribution < -0.4 is 24.8 Å². The first-order valence-electron chi connectivity index (χ1n) is 9.65. The van der Waals surface area contributed by atoms with E-state index in [1.54, 1.807) is 36.4 Å². The van der Waals surface area contributed by atoms with E-state index in [0.717, 1.165) is 18.4 Å². The molecule has 2 aromatic carbocycles. The third kappa shape index (κ3) is 5.21. The number of amides is 2. The Labute approximate surface area is 175 Å². The molecule has 8 heteroatoms. The molecule has 3 rings (SSSR count). The first kappa shape index (κ1) is 21.4. The number of anilines is 2. The van der Waals surface area contributed by atoms with Gasteiger partial charge in [-0.3, -0.25) is 9.59 Å². The van der Waals surface area contributed by atoms with Crippen molar-refractivity contribution in [3.05, 3.63) is 42.0 Å². The lowest BCUT2D eigenvalue weighted by molar-refractivity contribution is -0.124. The van der Waals surface area contributed by atoms with Gasteiger partial charge in [0, 0.05) is 18.0 Å². The zero-order valence-electron chi connectivity index (χ0n) is 17.3. The van der Waals surface area contributed by atoms with Crippen LogP contribution >= 0.6 is 0 Å². The number of nitrogens with one attached hydrogen (secondary N) is 2. The fraction of sp³-hybridized carbons (Fsp3) is 0.364. The fourth-order valence-corrected chi connectivity index (χ4v) is 3.27. The second kappa shape index (κ2) is 9.98. The Morgan fingerprint density at radius 3 is 2.07 bits per heavy atom. The number of hydrogen-bond acceptors (Lipinski definition) is 6. The van der Waals surface area contributed by atoms with E-state index < -0.39 is 0 Å². The van der Waals surface area contributed by atoms with Gasteiger partial charge in [-0.05, 0) is 54.8 Å². The Morgan fingerprint density at radius 1 is 0.967 bits per heavy atom. The number of methoxy groups -OCH3 is 3. The van der Waals surface area contributed by atoms with E-state index in [2.05, 4.69) is 10.6 Å². The van der Waals surface area contributed by atoms with Crippen molar-refractivity contribution in [2.75, 3.05) is 38.6 Å². The molecule has 30 heavy (non-hydrogen) atoms. The van der Waals surface area contributed by atoms with Crippen LogP contribution in [0.4, 0.5) is 11.4 Å². The molecule has 0 spiro atoms. The van der Waals surface area contributed by atoms with Crippen molar-refractivity contribution in [1.82, 2.24) is 0 Å². The Morgan fingerprint density at radius 2 is 1.57 bits per heavy atom. The van der Waals surface area contributed by atoms with Crippen LogP contribution in [0.3, 0.4) is 0 Å². The lowest BCUT2D eigenvalue weighted by Gasteiger charge is -2.14. The van der Waals surface area contributed by atoms with E-state index in [0.29, 0.717) is 35.2 Å². The van der Waals surface area contributed by atoms with Gasteiger partial charge in [-0.2, -0.15) is 0 Å². The monoisotopic (exact) mass is 414 g/mol. The van der Waals surface area contributed by atoms with E-state index in [1.165, 1.54) is 21.3 Å². The van der Waals surface area contributed by atoms with Crippen LogP contribution in [0.5, 0.6) is 17.2 Å². The predicted molar refractivity (Wildman–Crippen MR) is 112 cm³/mol. The molecule has 0 radical (unpaired) electrons. The highest BCUT2D eigenvalue weighted by Crippen LogP contribution is 2.38. The molecular formula is C22H26N2O6. The summed E-state index contributed by atoms with van der Waals surface area (Å²) < 4.78 is 21.3. The summed E-state index contributed by atoms with van der Waals surface area (Å²) in [5.41, 5.74) is 2.00. The molecule has 2 N–H and O–H groups in total. The molecule has 2 aromatic rings. The van der Waals surface area contributed by atoms with Crippen LogP contribution in [-0.4, -0.2) is 45.9 Å². The molecule has 1 atom stereocenters. The summed E-state index contributed by atoms with van der Waals surface area (Å²) in [6.45, 7) is 0.620. The summed E-state index contributed by atoms with van der Waals surface area (Å²) in [7, 11) is 4.58. The normalized spacial score (nSPS) is 15.4. The summed E-state index contributed by atoms with van der Waals surface area (Å²) in [4.78, 5) is 24.6. The summed E-state index contributed by atoms with van der Waals surface area (Å²) in [5.74, 6) is 1.12.